The van der Waals surface area contributed by atoms with Gasteiger partial charge in [0.2, 0.25) is 0 Å². The first-order valence-corrected chi connectivity index (χ1v) is 9.92. The van der Waals surface area contributed by atoms with E-state index in [1.807, 2.05) is 24.3 Å². The fraction of sp³-hybridized carbons (Fsp3) is 0.316. The number of hydrogen-bond donors (Lipinski definition) is 1. The number of carbonyl (C=O) groups is 2. The van der Waals surface area contributed by atoms with E-state index in [4.69, 9.17) is 9.47 Å². The molecule has 27 heavy (non-hydrogen) atoms. The monoisotopic (exact) mass is 498 g/mol. The quantitative estimate of drug-likeness (QED) is 0.347. The third kappa shape index (κ3) is 5.77. The van der Waals surface area contributed by atoms with Crippen LogP contribution in [-0.4, -0.2) is 30.8 Å². The number of nitrogens with one attached hydrogen (secondary N) is 1. The lowest BCUT2D eigenvalue weighted by molar-refractivity contribution is -0.145. The van der Waals surface area contributed by atoms with E-state index in [-0.39, 0.29) is 12.6 Å². The number of rotatable bonds is 7. The van der Waals surface area contributed by atoms with Crippen LogP contribution in [0.2, 0.25) is 0 Å². The van der Waals surface area contributed by atoms with Gasteiger partial charge in [0.25, 0.3) is 5.91 Å². The Morgan fingerprint density at radius 2 is 1.96 bits per heavy atom. The summed E-state index contributed by atoms with van der Waals surface area (Å²) in [6.07, 6.45) is 0. The van der Waals surface area contributed by atoms with Crippen molar-refractivity contribution in [3.63, 3.8) is 0 Å². The molecule has 0 heterocycles. The summed E-state index contributed by atoms with van der Waals surface area (Å²) in [5.41, 5.74) is 2.85. The second-order valence-electron chi connectivity index (χ2n) is 5.79. The zero-order chi connectivity index (χ0) is 20.0. The molecule has 2 aromatic rings. The molecule has 0 aliphatic rings. The third-order valence-electron chi connectivity index (χ3n) is 3.86. The van der Waals surface area contributed by atoms with Crippen LogP contribution in [0.1, 0.15) is 20.8 Å². The van der Waals surface area contributed by atoms with Crippen molar-refractivity contribution in [1.82, 2.24) is 5.43 Å². The molecule has 2 rings (SSSR count). The molecule has 1 atom stereocenters. The fourth-order valence-electron chi connectivity index (χ4n) is 2.21. The second kappa shape index (κ2) is 9.85. The van der Waals surface area contributed by atoms with Crippen molar-refractivity contribution < 1.29 is 19.1 Å². The predicted molar refractivity (Wildman–Crippen MR) is 112 cm³/mol. The molecule has 0 spiro atoms. The van der Waals surface area contributed by atoms with Crippen molar-refractivity contribution in [2.24, 2.45) is 11.0 Å². The summed E-state index contributed by atoms with van der Waals surface area (Å²) in [5.74, 6) is -0.773. The molecule has 0 aromatic heterocycles. The van der Waals surface area contributed by atoms with Crippen molar-refractivity contribution in [2.45, 2.75) is 20.8 Å². The normalized spacial score (nSPS) is 12.6. The summed E-state index contributed by atoms with van der Waals surface area (Å²) in [4.78, 5) is 23.6. The Hall–Kier alpha value is -1.93. The minimum atomic E-state index is -0.528. The fourth-order valence-corrected chi connectivity index (χ4v) is 3.20. The van der Waals surface area contributed by atoms with Crippen LogP contribution in [0.5, 0.6) is 5.75 Å². The smallest absolute Gasteiger partial charge is 0.314 e. The number of hydrogen-bond acceptors (Lipinski definition) is 5. The highest BCUT2D eigenvalue weighted by Crippen LogP contribution is 2.34. The number of esters is 1. The zero-order valence-corrected chi connectivity index (χ0v) is 18.4. The van der Waals surface area contributed by atoms with Gasteiger partial charge in [-0.15, -0.1) is 0 Å². The number of ether oxygens (including phenoxy) is 2. The first-order chi connectivity index (χ1) is 12.8. The van der Waals surface area contributed by atoms with E-state index < -0.39 is 11.8 Å². The third-order valence-corrected chi connectivity index (χ3v) is 5.17. The van der Waals surface area contributed by atoms with Gasteiger partial charge in [-0.1, -0.05) is 28.1 Å². The lowest BCUT2D eigenvalue weighted by Crippen LogP contribution is -2.28. The minimum absolute atomic E-state index is 0.203. The molecule has 1 amide bonds. The molecule has 2 aromatic carbocycles. The molecule has 1 N–H and O–H groups in total. The Morgan fingerprint density at radius 1 is 1.22 bits per heavy atom. The number of benzene rings is 2. The van der Waals surface area contributed by atoms with Gasteiger partial charge in [0.15, 0.2) is 6.61 Å². The summed E-state index contributed by atoms with van der Waals surface area (Å²) >= 11 is 6.96. The Balaban J connectivity index is 1.96. The lowest BCUT2D eigenvalue weighted by atomic mass is 10.1. The average Bonchev–Trinajstić information content (AvgIpc) is 2.65. The minimum Gasteiger partial charge on any atom is -0.483 e. The van der Waals surface area contributed by atoms with E-state index >= 15 is 0 Å². The maximum Gasteiger partial charge on any atom is 0.314 e. The summed E-state index contributed by atoms with van der Waals surface area (Å²) in [7, 11) is 0. The van der Waals surface area contributed by atoms with E-state index in [9.17, 15) is 9.59 Å². The summed E-state index contributed by atoms with van der Waals surface area (Å²) < 4.78 is 12.3. The summed E-state index contributed by atoms with van der Waals surface area (Å²) in [6.45, 7) is 5.16. The van der Waals surface area contributed by atoms with Crippen molar-refractivity contribution in [2.75, 3.05) is 13.2 Å². The van der Waals surface area contributed by atoms with E-state index in [0.717, 1.165) is 19.7 Å². The highest BCUT2D eigenvalue weighted by Gasteiger charge is 2.17. The van der Waals surface area contributed by atoms with Gasteiger partial charge in [-0.05, 0) is 65.7 Å². The van der Waals surface area contributed by atoms with Crippen LogP contribution < -0.4 is 10.2 Å². The Kier molecular flexibility index (Phi) is 7.79. The van der Waals surface area contributed by atoms with Gasteiger partial charge in [-0.25, -0.2) is 5.43 Å². The molecule has 8 heteroatoms. The molecule has 0 bridgehead atoms. The Morgan fingerprint density at radius 3 is 2.67 bits per heavy atom. The molecule has 0 saturated heterocycles. The van der Waals surface area contributed by atoms with Gasteiger partial charge in [0, 0.05) is 10.2 Å². The zero-order valence-electron chi connectivity index (χ0n) is 15.2. The molecule has 0 radical (unpaired) electrons. The molecule has 144 valence electrons. The van der Waals surface area contributed by atoms with E-state index in [0.29, 0.717) is 18.1 Å². The van der Waals surface area contributed by atoms with E-state index in [2.05, 4.69) is 42.4 Å². The number of halogens is 2. The van der Waals surface area contributed by atoms with Crippen LogP contribution in [0.15, 0.2) is 44.4 Å². The molecular weight excluding hydrogens is 480 g/mol. The molecule has 1 unspecified atom stereocenters. The van der Waals surface area contributed by atoms with Crippen molar-refractivity contribution in [3.05, 3.63) is 39.3 Å². The van der Waals surface area contributed by atoms with Gasteiger partial charge < -0.3 is 9.47 Å². The maximum atomic E-state index is 12.0. The lowest BCUT2D eigenvalue weighted by Gasteiger charge is -2.11. The first-order valence-electron chi connectivity index (χ1n) is 8.33. The highest BCUT2D eigenvalue weighted by molar-refractivity contribution is 9.11. The van der Waals surface area contributed by atoms with Gasteiger partial charge in [-0.3, -0.25) is 9.59 Å². The van der Waals surface area contributed by atoms with Crippen molar-refractivity contribution in [3.8, 4) is 5.75 Å². The van der Waals surface area contributed by atoms with Gasteiger partial charge >= 0.3 is 5.97 Å². The van der Waals surface area contributed by atoms with Crippen molar-refractivity contribution in [1.29, 1.82) is 0 Å². The number of nitrogens with zero attached hydrogens (tertiary/aromatic N) is 1. The molecule has 0 aliphatic carbocycles. The van der Waals surface area contributed by atoms with Crippen LogP contribution in [-0.2, 0) is 14.3 Å². The molecule has 0 fully saturated rings. The first kappa shape index (κ1) is 21.4. The predicted octanol–water partition coefficient (Wildman–Crippen LogP) is 4.43. The van der Waals surface area contributed by atoms with Gasteiger partial charge in [-0.2, -0.15) is 5.10 Å². The van der Waals surface area contributed by atoms with Crippen LogP contribution in [0.25, 0.3) is 10.8 Å². The summed E-state index contributed by atoms with van der Waals surface area (Å²) in [5, 5.41) is 5.96. The second-order valence-corrected chi connectivity index (χ2v) is 7.50. The number of fused-ring (bicyclic) bond motifs is 1. The summed E-state index contributed by atoms with van der Waals surface area (Å²) in [6, 6.07) is 9.61. The number of amides is 1. The van der Waals surface area contributed by atoms with Gasteiger partial charge in [0.05, 0.1) is 17.0 Å². The van der Waals surface area contributed by atoms with Crippen LogP contribution in [0, 0.1) is 5.92 Å². The van der Waals surface area contributed by atoms with Crippen LogP contribution in [0.3, 0.4) is 0 Å². The SMILES string of the molecule is CCOC(=O)C(C)/C(C)=N\NC(=O)COc1ccc2cc(Br)ccc2c1Br. The highest BCUT2D eigenvalue weighted by atomic mass is 79.9. The number of carbonyl (C=O) groups excluding carboxylic acids is 2. The maximum absolute atomic E-state index is 12.0. The molecular formula is C19H20Br2N2O4. The molecule has 0 aliphatic heterocycles. The van der Waals surface area contributed by atoms with Crippen LogP contribution >= 0.6 is 31.9 Å². The van der Waals surface area contributed by atoms with E-state index in [1.54, 1.807) is 26.8 Å². The average molecular weight is 500 g/mol. The van der Waals surface area contributed by atoms with Crippen LogP contribution in [0.4, 0.5) is 0 Å². The van der Waals surface area contributed by atoms with Crippen molar-refractivity contribution >= 4 is 60.2 Å². The standard InChI is InChI=1S/C19H20Br2N2O4/c1-4-26-19(25)11(2)12(3)22-23-17(24)10-27-16-8-5-13-9-14(20)6-7-15(13)18(16)21/h5-9,11H,4,10H2,1-3H3,(H,23,24)/b22-12-. The molecule has 6 nitrogen and oxygen atoms in total. The largest absolute Gasteiger partial charge is 0.483 e. The van der Waals surface area contributed by atoms with E-state index in [1.165, 1.54) is 0 Å². The molecule has 0 saturated carbocycles. The topological polar surface area (TPSA) is 77.0 Å². The number of hydrazone groups is 1. The Labute approximate surface area is 174 Å². The van der Waals surface area contributed by atoms with Gasteiger partial charge in [0.1, 0.15) is 5.75 Å². The Bertz CT molecular complexity index is 883.